The highest BCUT2D eigenvalue weighted by Crippen LogP contribution is 2.22. The predicted molar refractivity (Wildman–Crippen MR) is 100 cm³/mol. The summed E-state index contributed by atoms with van der Waals surface area (Å²) in [5.41, 5.74) is 2.00. The van der Waals surface area contributed by atoms with Gasteiger partial charge < -0.3 is 14.3 Å². The molecule has 7 nitrogen and oxygen atoms in total. The highest BCUT2D eigenvalue weighted by Gasteiger charge is 2.25. The number of nitrogens with zero attached hydrogens (tertiary/aromatic N) is 4. The monoisotopic (exact) mass is 365 g/mol. The van der Waals surface area contributed by atoms with Crippen molar-refractivity contribution in [2.45, 2.75) is 52.1 Å². The standard InChI is InChI=1S/C20H23N5O2/c1-12(2)19-24-23-18-9-6-14(11-25(18)19)22-20(26)15-7-8-16(21-13(15)3)17-5-4-10-27-17/h4-5,7-8,10,12,14H,6,9,11H2,1-3H3,(H,22,26)/t14-/m1/s1. The maximum absolute atomic E-state index is 12.8. The molecule has 1 aliphatic heterocycles. The van der Waals surface area contributed by atoms with Gasteiger partial charge in [-0.2, -0.15) is 0 Å². The normalized spacial score (nSPS) is 16.4. The van der Waals surface area contributed by atoms with E-state index in [-0.39, 0.29) is 11.9 Å². The first-order valence-electron chi connectivity index (χ1n) is 9.27. The van der Waals surface area contributed by atoms with E-state index in [1.165, 1.54) is 0 Å². The Morgan fingerprint density at radius 2 is 2.15 bits per heavy atom. The number of carbonyl (C=O) groups is 1. The van der Waals surface area contributed by atoms with Crippen molar-refractivity contribution in [3.63, 3.8) is 0 Å². The Morgan fingerprint density at radius 1 is 1.30 bits per heavy atom. The van der Waals surface area contributed by atoms with Crippen molar-refractivity contribution in [2.24, 2.45) is 0 Å². The molecule has 0 radical (unpaired) electrons. The van der Waals surface area contributed by atoms with E-state index in [9.17, 15) is 4.79 Å². The zero-order chi connectivity index (χ0) is 19.0. The van der Waals surface area contributed by atoms with Gasteiger partial charge in [-0.25, -0.2) is 4.98 Å². The van der Waals surface area contributed by atoms with Gasteiger partial charge in [0.1, 0.15) is 17.3 Å². The van der Waals surface area contributed by atoms with Gasteiger partial charge in [-0.3, -0.25) is 4.79 Å². The first kappa shape index (κ1) is 17.5. The molecule has 3 aromatic heterocycles. The Labute approximate surface area is 157 Å². The first-order valence-corrected chi connectivity index (χ1v) is 9.27. The minimum absolute atomic E-state index is 0.0580. The van der Waals surface area contributed by atoms with Crippen LogP contribution in [0.1, 0.15) is 53.9 Å². The lowest BCUT2D eigenvalue weighted by atomic mass is 10.0. The highest BCUT2D eigenvalue weighted by molar-refractivity contribution is 5.95. The lowest BCUT2D eigenvalue weighted by molar-refractivity contribution is 0.0926. The molecule has 4 rings (SSSR count). The summed E-state index contributed by atoms with van der Waals surface area (Å²) in [6.45, 7) is 6.76. The lowest BCUT2D eigenvalue weighted by Gasteiger charge is -2.26. The van der Waals surface area contributed by atoms with E-state index in [4.69, 9.17) is 4.42 Å². The van der Waals surface area contributed by atoms with Crippen LogP contribution >= 0.6 is 0 Å². The van der Waals surface area contributed by atoms with Gasteiger partial charge in [0.15, 0.2) is 5.76 Å². The molecule has 0 saturated carbocycles. The quantitative estimate of drug-likeness (QED) is 0.768. The number of amides is 1. The Bertz CT molecular complexity index is 959. The van der Waals surface area contributed by atoms with Gasteiger partial charge in [-0.15, -0.1) is 10.2 Å². The van der Waals surface area contributed by atoms with Crippen LogP contribution in [0.3, 0.4) is 0 Å². The average Bonchev–Trinajstić information content (AvgIpc) is 3.31. The van der Waals surface area contributed by atoms with Gasteiger partial charge in [0.2, 0.25) is 0 Å². The second kappa shape index (κ2) is 6.98. The molecule has 4 heterocycles. The van der Waals surface area contributed by atoms with Crippen molar-refractivity contribution in [3.8, 4) is 11.5 Å². The Balaban J connectivity index is 1.49. The summed E-state index contributed by atoms with van der Waals surface area (Å²) in [4.78, 5) is 17.3. The second-order valence-electron chi connectivity index (χ2n) is 7.26. The summed E-state index contributed by atoms with van der Waals surface area (Å²) in [6.07, 6.45) is 3.29. The molecule has 1 atom stereocenters. The van der Waals surface area contributed by atoms with Crippen LogP contribution < -0.4 is 5.32 Å². The van der Waals surface area contributed by atoms with E-state index in [1.807, 2.05) is 31.2 Å². The Hall–Kier alpha value is -2.96. The molecule has 0 aromatic carbocycles. The molecular formula is C20H23N5O2. The Kier molecular flexibility index (Phi) is 4.51. The highest BCUT2D eigenvalue weighted by atomic mass is 16.3. The molecule has 0 unspecified atom stereocenters. The molecular weight excluding hydrogens is 342 g/mol. The van der Waals surface area contributed by atoms with Gasteiger partial charge in [0.05, 0.1) is 17.5 Å². The fourth-order valence-corrected chi connectivity index (χ4v) is 3.52. The van der Waals surface area contributed by atoms with Gasteiger partial charge in [0.25, 0.3) is 5.91 Å². The Morgan fingerprint density at radius 3 is 2.85 bits per heavy atom. The van der Waals surface area contributed by atoms with Crippen molar-refractivity contribution in [1.29, 1.82) is 0 Å². The van der Waals surface area contributed by atoms with E-state index in [2.05, 4.69) is 38.9 Å². The molecule has 3 aromatic rings. The van der Waals surface area contributed by atoms with Crippen LogP contribution in [0.4, 0.5) is 0 Å². The molecule has 140 valence electrons. The summed E-state index contributed by atoms with van der Waals surface area (Å²) in [5, 5.41) is 11.7. The molecule has 0 saturated heterocycles. The zero-order valence-corrected chi connectivity index (χ0v) is 15.8. The van der Waals surface area contributed by atoms with Crippen LogP contribution in [0.2, 0.25) is 0 Å². The van der Waals surface area contributed by atoms with E-state index in [0.717, 1.165) is 30.2 Å². The minimum atomic E-state index is -0.0985. The van der Waals surface area contributed by atoms with Crippen LogP contribution in [0.25, 0.3) is 11.5 Å². The largest absolute Gasteiger partial charge is 0.463 e. The van der Waals surface area contributed by atoms with Crippen LogP contribution in [0, 0.1) is 6.92 Å². The molecule has 1 N–H and O–H groups in total. The number of pyridine rings is 1. The number of fused-ring (bicyclic) bond motifs is 1. The summed E-state index contributed by atoms with van der Waals surface area (Å²) in [7, 11) is 0. The van der Waals surface area contributed by atoms with Crippen molar-refractivity contribution in [1.82, 2.24) is 25.1 Å². The number of hydrogen-bond acceptors (Lipinski definition) is 5. The van der Waals surface area contributed by atoms with Crippen LogP contribution in [-0.2, 0) is 13.0 Å². The molecule has 1 aliphatic rings. The molecule has 0 fully saturated rings. The number of aryl methyl sites for hydroxylation is 2. The maximum Gasteiger partial charge on any atom is 0.253 e. The molecule has 0 aliphatic carbocycles. The third kappa shape index (κ3) is 3.37. The smallest absolute Gasteiger partial charge is 0.253 e. The van der Waals surface area contributed by atoms with Gasteiger partial charge >= 0.3 is 0 Å². The molecule has 27 heavy (non-hydrogen) atoms. The summed E-state index contributed by atoms with van der Waals surface area (Å²) in [6, 6.07) is 7.36. The minimum Gasteiger partial charge on any atom is -0.463 e. The van der Waals surface area contributed by atoms with Gasteiger partial charge in [-0.1, -0.05) is 13.8 Å². The third-order valence-electron chi connectivity index (χ3n) is 4.93. The van der Waals surface area contributed by atoms with Gasteiger partial charge in [-0.05, 0) is 37.6 Å². The molecule has 0 bridgehead atoms. The summed E-state index contributed by atoms with van der Waals surface area (Å²) >= 11 is 0. The third-order valence-corrected chi connectivity index (χ3v) is 4.93. The second-order valence-corrected chi connectivity index (χ2v) is 7.26. The topological polar surface area (TPSA) is 85.8 Å². The fourth-order valence-electron chi connectivity index (χ4n) is 3.52. The van der Waals surface area contributed by atoms with Crippen LogP contribution in [0.15, 0.2) is 34.9 Å². The van der Waals surface area contributed by atoms with E-state index < -0.39 is 0 Å². The molecule has 7 heteroatoms. The lowest BCUT2D eigenvalue weighted by Crippen LogP contribution is -2.41. The van der Waals surface area contributed by atoms with Crippen LogP contribution in [-0.4, -0.2) is 31.7 Å². The maximum atomic E-state index is 12.8. The van der Waals surface area contributed by atoms with Crippen LogP contribution in [0.5, 0.6) is 0 Å². The van der Waals surface area contributed by atoms with Gasteiger partial charge in [0, 0.05) is 24.9 Å². The van der Waals surface area contributed by atoms with E-state index in [0.29, 0.717) is 29.5 Å². The average molecular weight is 365 g/mol. The fraction of sp³-hybridized carbons (Fsp3) is 0.400. The number of carbonyl (C=O) groups excluding carboxylic acids is 1. The molecule has 0 spiro atoms. The van der Waals surface area contributed by atoms with E-state index in [1.54, 1.807) is 6.26 Å². The number of rotatable bonds is 4. The molecule has 1 amide bonds. The number of hydrogen-bond donors (Lipinski definition) is 1. The zero-order valence-electron chi connectivity index (χ0n) is 15.8. The van der Waals surface area contributed by atoms with Crippen molar-refractivity contribution in [2.75, 3.05) is 0 Å². The summed E-state index contributed by atoms with van der Waals surface area (Å²) < 4.78 is 7.52. The van der Waals surface area contributed by atoms with E-state index >= 15 is 0 Å². The van der Waals surface area contributed by atoms with Crippen molar-refractivity contribution < 1.29 is 9.21 Å². The van der Waals surface area contributed by atoms with Crippen molar-refractivity contribution >= 4 is 5.91 Å². The number of nitrogens with one attached hydrogen (secondary N) is 1. The number of furan rings is 1. The first-order chi connectivity index (χ1) is 13.0. The van der Waals surface area contributed by atoms with Crippen molar-refractivity contribution in [3.05, 3.63) is 53.4 Å². The summed E-state index contributed by atoms with van der Waals surface area (Å²) in [5.74, 6) is 2.88. The SMILES string of the molecule is Cc1nc(-c2ccco2)ccc1C(=O)N[C@@H]1CCc2nnc(C(C)C)n2C1. The predicted octanol–water partition coefficient (Wildman–Crippen LogP) is 3.11. The number of aromatic nitrogens is 4.